The molecular formula is C8H12N2O2S. The molecule has 0 aromatic carbocycles. The van der Waals surface area contributed by atoms with Crippen LogP contribution in [0.15, 0.2) is 17.2 Å². The molecule has 0 aliphatic rings. The van der Waals surface area contributed by atoms with Gasteiger partial charge in [-0.25, -0.2) is 13.4 Å². The summed E-state index contributed by atoms with van der Waals surface area (Å²) in [4.78, 5) is 3.95. The van der Waals surface area contributed by atoms with Crippen LogP contribution in [0.3, 0.4) is 0 Å². The summed E-state index contributed by atoms with van der Waals surface area (Å²) in [6, 6.07) is 3.44. The van der Waals surface area contributed by atoms with Gasteiger partial charge in [-0.15, -0.1) is 0 Å². The predicted molar refractivity (Wildman–Crippen MR) is 50.0 cm³/mol. The Morgan fingerprint density at radius 2 is 2.08 bits per heavy atom. The second-order valence-electron chi connectivity index (χ2n) is 2.89. The van der Waals surface area contributed by atoms with Crippen molar-refractivity contribution in [3.8, 4) is 0 Å². The monoisotopic (exact) mass is 200 g/mol. The summed E-state index contributed by atoms with van der Waals surface area (Å²) in [6.07, 6.45) is 1.13. The zero-order chi connectivity index (χ0) is 10.1. The summed E-state index contributed by atoms with van der Waals surface area (Å²) >= 11 is 0. The van der Waals surface area contributed by atoms with E-state index in [0.29, 0.717) is 11.3 Å². The van der Waals surface area contributed by atoms with Crippen LogP contribution < -0.4 is 5.73 Å². The molecule has 0 unspecified atom stereocenters. The van der Waals surface area contributed by atoms with E-state index >= 15 is 0 Å². The molecule has 0 atom stereocenters. The van der Waals surface area contributed by atoms with Gasteiger partial charge in [-0.05, 0) is 13.0 Å². The molecule has 0 fully saturated rings. The molecule has 1 heterocycles. The minimum atomic E-state index is -3.26. The standard InChI is InChI=1S/C8H12N2O2S/c1-6-3-4-7(5-9)8(10-6)13(2,11)12/h3-4H,5,9H2,1-2H3. The van der Waals surface area contributed by atoms with E-state index < -0.39 is 9.84 Å². The maximum atomic E-state index is 11.2. The van der Waals surface area contributed by atoms with Gasteiger partial charge in [0, 0.05) is 24.1 Å². The van der Waals surface area contributed by atoms with Crippen LogP contribution in [0.4, 0.5) is 0 Å². The zero-order valence-corrected chi connectivity index (χ0v) is 8.43. The molecule has 0 radical (unpaired) electrons. The maximum Gasteiger partial charge on any atom is 0.193 e. The lowest BCUT2D eigenvalue weighted by Gasteiger charge is -2.04. The third-order valence-electron chi connectivity index (χ3n) is 1.65. The van der Waals surface area contributed by atoms with Crippen molar-refractivity contribution in [2.75, 3.05) is 6.26 Å². The smallest absolute Gasteiger partial charge is 0.193 e. The third-order valence-corrected chi connectivity index (χ3v) is 2.71. The van der Waals surface area contributed by atoms with Crippen molar-refractivity contribution in [1.82, 2.24) is 4.98 Å². The molecule has 72 valence electrons. The number of rotatable bonds is 2. The zero-order valence-electron chi connectivity index (χ0n) is 7.61. The molecule has 1 aromatic rings. The molecule has 1 rings (SSSR count). The third kappa shape index (κ3) is 2.26. The summed E-state index contributed by atoms with van der Waals surface area (Å²) in [7, 11) is -3.26. The number of nitrogens with two attached hydrogens (primary N) is 1. The van der Waals surface area contributed by atoms with Crippen molar-refractivity contribution in [3.63, 3.8) is 0 Å². The van der Waals surface area contributed by atoms with Crippen LogP contribution in [0.5, 0.6) is 0 Å². The molecule has 5 heteroatoms. The molecule has 0 saturated carbocycles. The fourth-order valence-corrected chi connectivity index (χ4v) is 1.98. The van der Waals surface area contributed by atoms with Crippen LogP contribution in [0, 0.1) is 6.92 Å². The van der Waals surface area contributed by atoms with Crippen molar-refractivity contribution in [3.05, 3.63) is 23.4 Å². The van der Waals surface area contributed by atoms with Gasteiger partial charge in [-0.2, -0.15) is 0 Å². The largest absolute Gasteiger partial charge is 0.326 e. The number of aryl methyl sites for hydroxylation is 1. The average Bonchev–Trinajstić information content (AvgIpc) is 2.03. The first-order chi connectivity index (χ1) is 5.95. The van der Waals surface area contributed by atoms with Gasteiger partial charge in [0.05, 0.1) is 0 Å². The summed E-state index contributed by atoms with van der Waals surface area (Å²) in [5.41, 5.74) is 6.63. The van der Waals surface area contributed by atoms with Gasteiger partial charge in [0.2, 0.25) is 0 Å². The van der Waals surface area contributed by atoms with Crippen LogP contribution in [0.1, 0.15) is 11.3 Å². The first-order valence-corrected chi connectivity index (χ1v) is 5.71. The van der Waals surface area contributed by atoms with E-state index in [2.05, 4.69) is 4.98 Å². The molecule has 2 N–H and O–H groups in total. The Kier molecular flexibility index (Phi) is 2.68. The number of hydrogen-bond donors (Lipinski definition) is 1. The minimum Gasteiger partial charge on any atom is -0.326 e. The fourth-order valence-electron chi connectivity index (χ4n) is 1.04. The molecule has 13 heavy (non-hydrogen) atoms. The molecular weight excluding hydrogens is 188 g/mol. The van der Waals surface area contributed by atoms with Gasteiger partial charge < -0.3 is 5.73 Å². The summed E-state index contributed by atoms with van der Waals surface area (Å²) < 4.78 is 22.5. The highest BCUT2D eigenvalue weighted by Gasteiger charge is 2.13. The van der Waals surface area contributed by atoms with Gasteiger partial charge in [0.15, 0.2) is 14.9 Å². The van der Waals surface area contributed by atoms with Crippen LogP contribution in [-0.4, -0.2) is 19.7 Å². The Bertz CT molecular complexity index is 412. The second kappa shape index (κ2) is 3.43. The Labute approximate surface area is 77.7 Å². The normalized spacial score (nSPS) is 11.6. The molecule has 4 nitrogen and oxygen atoms in total. The Morgan fingerprint density at radius 1 is 1.46 bits per heavy atom. The Balaban J connectivity index is 3.41. The van der Waals surface area contributed by atoms with Crippen LogP contribution in [-0.2, 0) is 16.4 Å². The second-order valence-corrected chi connectivity index (χ2v) is 4.82. The molecule has 0 saturated heterocycles. The van der Waals surface area contributed by atoms with Crippen molar-refractivity contribution < 1.29 is 8.42 Å². The molecule has 0 spiro atoms. The quantitative estimate of drug-likeness (QED) is 0.742. The summed E-state index contributed by atoms with van der Waals surface area (Å²) in [5, 5.41) is 0.0926. The molecule has 0 aliphatic heterocycles. The van der Waals surface area contributed by atoms with E-state index in [-0.39, 0.29) is 11.6 Å². The van der Waals surface area contributed by atoms with E-state index in [4.69, 9.17) is 5.73 Å². The van der Waals surface area contributed by atoms with Gasteiger partial charge >= 0.3 is 0 Å². The topological polar surface area (TPSA) is 73.1 Å². The maximum absolute atomic E-state index is 11.2. The number of pyridine rings is 1. The molecule has 0 aliphatic carbocycles. The highest BCUT2D eigenvalue weighted by Crippen LogP contribution is 2.12. The van der Waals surface area contributed by atoms with E-state index in [1.807, 2.05) is 0 Å². The van der Waals surface area contributed by atoms with Crippen LogP contribution >= 0.6 is 0 Å². The first kappa shape index (κ1) is 10.1. The highest BCUT2D eigenvalue weighted by molar-refractivity contribution is 7.90. The van der Waals surface area contributed by atoms with Crippen molar-refractivity contribution in [2.45, 2.75) is 18.5 Å². The highest BCUT2D eigenvalue weighted by atomic mass is 32.2. The molecule has 0 amide bonds. The van der Waals surface area contributed by atoms with Gasteiger partial charge in [-0.3, -0.25) is 0 Å². The van der Waals surface area contributed by atoms with Gasteiger partial charge in [-0.1, -0.05) is 6.07 Å². The van der Waals surface area contributed by atoms with Crippen LogP contribution in [0.25, 0.3) is 0 Å². The van der Waals surface area contributed by atoms with Crippen molar-refractivity contribution >= 4 is 9.84 Å². The Morgan fingerprint density at radius 3 is 2.54 bits per heavy atom. The number of aromatic nitrogens is 1. The van der Waals surface area contributed by atoms with E-state index in [0.717, 1.165) is 6.26 Å². The number of nitrogens with zero attached hydrogens (tertiary/aromatic N) is 1. The van der Waals surface area contributed by atoms with E-state index in [1.54, 1.807) is 19.1 Å². The van der Waals surface area contributed by atoms with Gasteiger partial charge in [0.25, 0.3) is 0 Å². The van der Waals surface area contributed by atoms with E-state index in [9.17, 15) is 8.42 Å². The SMILES string of the molecule is Cc1ccc(CN)c(S(C)(=O)=O)n1. The average molecular weight is 200 g/mol. The predicted octanol–water partition coefficient (Wildman–Crippen LogP) is 0.252. The van der Waals surface area contributed by atoms with E-state index in [1.165, 1.54) is 0 Å². The number of hydrogen-bond acceptors (Lipinski definition) is 4. The lowest BCUT2D eigenvalue weighted by Crippen LogP contribution is -2.09. The van der Waals surface area contributed by atoms with Crippen LogP contribution in [0.2, 0.25) is 0 Å². The lowest BCUT2D eigenvalue weighted by atomic mass is 10.2. The van der Waals surface area contributed by atoms with Crippen molar-refractivity contribution in [1.29, 1.82) is 0 Å². The minimum absolute atomic E-state index is 0.0926. The summed E-state index contributed by atoms with van der Waals surface area (Å²) in [6.45, 7) is 1.94. The number of sulfone groups is 1. The van der Waals surface area contributed by atoms with Crippen molar-refractivity contribution in [2.24, 2.45) is 5.73 Å². The fraction of sp³-hybridized carbons (Fsp3) is 0.375. The Hall–Kier alpha value is -0.940. The summed E-state index contributed by atoms with van der Waals surface area (Å²) in [5.74, 6) is 0. The lowest BCUT2D eigenvalue weighted by molar-refractivity contribution is 0.596. The molecule has 0 bridgehead atoms. The molecule has 1 aromatic heterocycles. The van der Waals surface area contributed by atoms with Gasteiger partial charge in [0.1, 0.15) is 0 Å². The first-order valence-electron chi connectivity index (χ1n) is 3.82.